The van der Waals surface area contributed by atoms with Crippen LogP contribution in [-0.4, -0.2) is 50.1 Å². The van der Waals surface area contributed by atoms with Crippen LogP contribution in [0.1, 0.15) is 6.42 Å². The van der Waals surface area contributed by atoms with E-state index in [1.54, 1.807) is 0 Å². The lowest BCUT2D eigenvalue weighted by Gasteiger charge is -2.43. The smallest absolute Gasteiger partial charge is 0.00191 e. The molecule has 2 fully saturated rings. The topological polar surface area (TPSA) is 6.48 Å². The van der Waals surface area contributed by atoms with Crippen molar-refractivity contribution in [1.82, 2.24) is 9.80 Å². The molecule has 2 heterocycles. The van der Waals surface area contributed by atoms with E-state index >= 15 is 0 Å². The number of nitrogens with zero attached hydrogens (tertiary/aromatic N) is 2. The fraction of sp³-hybridized carbons (Fsp3) is 1.00. The molecule has 0 radical (unpaired) electrons. The van der Waals surface area contributed by atoms with Crippen molar-refractivity contribution in [3.63, 3.8) is 0 Å². The Hall–Kier alpha value is -0.0800. The van der Waals surface area contributed by atoms with Gasteiger partial charge < -0.3 is 9.80 Å². The van der Waals surface area contributed by atoms with Gasteiger partial charge in [0.2, 0.25) is 0 Å². The molecule has 0 aromatic heterocycles. The van der Waals surface area contributed by atoms with Gasteiger partial charge in [0, 0.05) is 26.2 Å². The van der Waals surface area contributed by atoms with Crippen molar-refractivity contribution < 1.29 is 0 Å². The van der Waals surface area contributed by atoms with Gasteiger partial charge in [-0.1, -0.05) is 0 Å². The van der Waals surface area contributed by atoms with Gasteiger partial charge in [-0.05, 0) is 32.4 Å². The number of fused-ring (bicyclic) bond motifs is 2. The summed E-state index contributed by atoms with van der Waals surface area (Å²) in [5.74, 6) is 1.91. The lowest BCUT2D eigenvalue weighted by atomic mass is 9.85. The maximum Gasteiger partial charge on any atom is 0.00191 e. The molecule has 2 aliphatic heterocycles. The van der Waals surface area contributed by atoms with Crippen LogP contribution in [0, 0.1) is 11.8 Å². The van der Waals surface area contributed by atoms with Crippen molar-refractivity contribution in [1.29, 1.82) is 0 Å². The van der Waals surface area contributed by atoms with Crippen molar-refractivity contribution in [2.45, 2.75) is 6.42 Å². The molecular formula is C9H18N2. The summed E-state index contributed by atoms with van der Waals surface area (Å²) in [4.78, 5) is 4.98. The zero-order valence-corrected chi connectivity index (χ0v) is 7.58. The van der Waals surface area contributed by atoms with Crippen LogP contribution in [0.4, 0.5) is 0 Å². The molecule has 2 nitrogen and oxygen atoms in total. The molecule has 0 aliphatic carbocycles. The van der Waals surface area contributed by atoms with Crippen molar-refractivity contribution in [3.8, 4) is 0 Å². The molecule has 0 unspecified atom stereocenters. The molecule has 2 bridgehead atoms. The molecule has 2 rings (SSSR count). The highest BCUT2D eigenvalue weighted by Crippen LogP contribution is 2.26. The Morgan fingerprint density at radius 1 is 0.818 bits per heavy atom. The number of piperidine rings is 2. The zero-order chi connectivity index (χ0) is 7.84. The molecule has 0 atom stereocenters. The van der Waals surface area contributed by atoms with E-state index in [1.807, 2.05) is 0 Å². The minimum atomic E-state index is 0.956. The van der Waals surface area contributed by atoms with Crippen LogP contribution in [0.5, 0.6) is 0 Å². The molecule has 0 aromatic carbocycles. The Bertz CT molecular complexity index is 113. The number of rotatable bonds is 0. The highest BCUT2D eigenvalue weighted by atomic mass is 15.2. The summed E-state index contributed by atoms with van der Waals surface area (Å²) in [6.45, 7) is 5.28. The molecule has 64 valence electrons. The van der Waals surface area contributed by atoms with Crippen molar-refractivity contribution in [2.24, 2.45) is 11.8 Å². The standard InChI is InChI=1S/C9H18N2/c1-10-4-8-3-9(5-10)7-11(2)6-8/h8-9H,3-7H2,1-2H3. The first kappa shape index (κ1) is 7.56. The van der Waals surface area contributed by atoms with E-state index in [2.05, 4.69) is 23.9 Å². The van der Waals surface area contributed by atoms with Crippen LogP contribution in [0.2, 0.25) is 0 Å². The number of hydrogen-bond acceptors (Lipinski definition) is 2. The molecule has 2 heteroatoms. The Kier molecular flexibility index (Phi) is 1.90. The van der Waals surface area contributed by atoms with Crippen molar-refractivity contribution in [2.75, 3.05) is 40.3 Å². The highest BCUT2D eigenvalue weighted by molar-refractivity contribution is 4.84. The minimum Gasteiger partial charge on any atom is -0.306 e. The summed E-state index contributed by atoms with van der Waals surface area (Å²) in [5.41, 5.74) is 0. The Labute approximate surface area is 69.2 Å². The quantitative estimate of drug-likeness (QED) is 0.501. The predicted molar refractivity (Wildman–Crippen MR) is 46.6 cm³/mol. The third-order valence-corrected chi connectivity index (χ3v) is 2.95. The third kappa shape index (κ3) is 1.57. The van der Waals surface area contributed by atoms with Crippen LogP contribution < -0.4 is 0 Å². The lowest BCUT2D eigenvalue weighted by molar-refractivity contribution is 0.0569. The Morgan fingerprint density at radius 2 is 1.18 bits per heavy atom. The first-order valence-corrected chi connectivity index (χ1v) is 4.61. The predicted octanol–water partition coefficient (Wildman–Crippen LogP) is 0.500. The van der Waals surface area contributed by atoms with Gasteiger partial charge in [-0.15, -0.1) is 0 Å². The summed E-state index contributed by atoms with van der Waals surface area (Å²) < 4.78 is 0. The summed E-state index contributed by atoms with van der Waals surface area (Å²) in [6, 6.07) is 0. The van der Waals surface area contributed by atoms with Gasteiger partial charge in [-0.3, -0.25) is 0 Å². The van der Waals surface area contributed by atoms with Gasteiger partial charge in [0.15, 0.2) is 0 Å². The van der Waals surface area contributed by atoms with Gasteiger partial charge in [0.1, 0.15) is 0 Å². The van der Waals surface area contributed by atoms with E-state index in [4.69, 9.17) is 0 Å². The normalized spacial score (nSPS) is 40.9. The average molecular weight is 154 g/mol. The van der Waals surface area contributed by atoms with Crippen molar-refractivity contribution >= 4 is 0 Å². The minimum absolute atomic E-state index is 0.956. The maximum atomic E-state index is 2.49. The van der Waals surface area contributed by atoms with E-state index in [0.717, 1.165) is 11.8 Å². The summed E-state index contributed by atoms with van der Waals surface area (Å²) in [6.07, 6.45) is 1.48. The van der Waals surface area contributed by atoms with Gasteiger partial charge in [-0.25, -0.2) is 0 Å². The van der Waals surface area contributed by atoms with Gasteiger partial charge in [0.05, 0.1) is 0 Å². The van der Waals surface area contributed by atoms with Gasteiger partial charge in [-0.2, -0.15) is 0 Å². The molecular weight excluding hydrogens is 136 g/mol. The summed E-state index contributed by atoms with van der Waals surface area (Å²) in [5, 5.41) is 0. The average Bonchev–Trinajstić information content (AvgIpc) is 1.82. The lowest BCUT2D eigenvalue weighted by Crippen LogP contribution is -2.50. The Morgan fingerprint density at radius 3 is 1.55 bits per heavy atom. The summed E-state index contributed by atoms with van der Waals surface area (Å²) >= 11 is 0. The van der Waals surface area contributed by atoms with E-state index in [1.165, 1.54) is 32.6 Å². The first-order chi connectivity index (χ1) is 5.24. The van der Waals surface area contributed by atoms with E-state index in [9.17, 15) is 0 Å². The molecule has 2 saturated heterocycles. The van der Waals surface area contributed by atoms with E-state index in [-0.39, 0.29) is 0 Å². The third-order valence-electron chi connectivity index (χ3n) is 2.95. The van der Waals surface area contributed by atoms with E-state index < -0.39 is 0 Å². The second-order valence-electron chi connectivity index (χ2n) is 4.41. The largest absolute Gasteiger partial charge is 0.306 e. The second-order valence-corrected chi connectivity index (χ2v) is 4.41. The maximum absolute atomic E-state index is 2.49. The second kappa shape index (κ2) is 2.76. The Balaban J connectivity index is 2.00. The fourth-order valence-corrected chi connectivity index (χ4v) is 2.80. The molecule has 0 aromatic rings. The summed E-state index contributed by atoms with van der Waals surface area (Å²) in [7, 11) is 4.51. The molecule has 0 spiro atoms. The monoisotopic (exact) mass is 154 g/mol. The molecule has 0 saturated carbocycles. The fourth-order valence-electron chi connectivity index (χ4n) is 2.80. The number of hydrogen-bond donors (Lipinski definition) is 0. The SMILES string of the molecule is CN1CC2CC(C1)CN(C)C2. The highest BCUT2D eigenvalue weighted by Gasteiger charge is 2.30. The van der Waals surface area contributed by atoms with E-state index in [0.29, 0.717) is 0 Å². The van der Waals surface area contributed by atoms with Gasteiger partial charge in [0.25, 0.3) is 0 Å². The van der Waals surface area contributed by atoms with Gasteiger partial charge >= 0.3 is 0 Å². The van der Waals surface area contributed by atoms with Crippen LogP contribution in [0.25, 0.3) is 0 Å². The number of likely N-dealkylation sites (tertiary alicyclic amines) is 2. The molecule has 2 aliphatic rings. The van der Waals surface area contributed by atoms with Crippen LogP contribution >= 0.6 is 0 Å². The van der Waals surface area contributed by atoms with Crippen LogP contribution in [-0.2, 0) is 0 Å². The van der Waals surface area contributed by atoms with Crippen LogP contribution in [0.3, 0.4) is 0 Å². The van der Waals surface area contributed by atoms with Crippen LogP contribution in [0.15, 0.2) is 0 Å². The first-order valence-electron chi connectivity index (χ1n) is 4.61. The molecule has 11 heavy (non-hydrogen) atoms. The molecule has 0 amide bonds. The zero-order valence-electron chi connectivity index (χ0n) is 7.58. The molecule has 0 N–H and O–H groups in total. The van der Waals surface area contributed by atoms with Crippen molar-refractivity contribution in [3.05, 3.63) is 0 Å².